The number of nitrogens with two attached hydrogens (primary N) is 1. The van der Waals surface area contributed by atoms with E-state index in [-0.39, 0.29) is 0 Å². The molecule has 0 fully saturated rings. The summed E-state index contributed by atoms with van der Waals surface area (Å²) >= 11 is 5.24. The smallest absolute Gasteiger partial charge is 0.185 e. The van der Waals surface area contributed by atoms with Gasteiger partial charge in [-0.15, -0.1) is 0 Å². The van der Waals surface area contributed by atoms with E-state index in [2.05, 4.69) is 0 Å². The maximum absolute atomic E-state index is 5.85. The van der Waals surface area contributed by atoms with Crippen LogP contribution in [0.5, 0.6) is 0 Å². The van der Waals surface area contributed by atoms with Gasteiger partial charge in [-0.3, -0.25) is 4.57 Å². The van der Waals surface area contributed by atoms with Gasteiger partial charge in [-0.2, -0.15) is 0 Å². The van der Waals surface area contributed by atoms with Crippen LogP contribution >= 0.6 is 12.2 Å². The van der Waals surface area contributed by atoms with Crippen LogP contribution in [-0.2, 0) is 7.05 Å². The van der Waals surface area contributed by atoms with E-state index in [1.165, 1.54) is 0 Å². The largest absolute Gasteiger partial charge is 0.384 e. The number of aryl methyl sites for hydroxylation is 1. The third kappa shape index (κ3) is 1.33. The van der Waals surface area contributed by atoms with E-state index in [1.54, 1.807) is 0 Å². The van der Waals surface area contributed by atoms with E-state index in [9.17, 15) is 0 Å². The number of aromatic nitrogens is 2. The molecule has 0 aliphatic rings. The minimum absolute atomic E-state index is 0.656. The maximum atomic E-state index is 5.85. The third-order valence-corrected chi connectivity index (χ3v) is 2.56. The van der Waals surface area contributed by atoms with Gasteiger partial charge in [-0.25, -0.2) is 0 Å². The normalized spacial score (nSPS) is 10.4. The van der Waals surface area contributed by atoms with Crippen LogP contribution in [-0.4, -0.2) is 9.13 Å². The number of hydrogen-bond donors (Lipinski definition) is 1. The molecule has 1 heterocycles. The topological polar surface area (TPSA) is 35.9 Å². The van der Waals surface area contributed by atoms with Crippen molar-refractivity contribution >= 4 is 18.0 Å². The van der Waals surface area contributed by atoms with Crippen molar-refractivity contribution < 1.29 is 0 Å². The van der Waals surface area contributed by atoms with Crippen LogP contribution in [0.15, 0.2) is 36.5 Å². The van der Waals surface area contributed by atoms with Gasteiger partial charge >= 0.3 is 0 Å². The van der Waals surface area contributed by atoms with Gasteiger partial charge in [0.15, 0.2) is 4.77 Å². The van der Waals surface area contributed by atoms with Gasteiger partial charge in [0.25, 0.3) is 0 Å². The average molecular weight is 205 g/mol. The zero-order chi connectivity index (χ0) is 10.1. The molecule has 0 bridgehead atoms. The van der Waals surface area contributed by atoms with E-state index >= 15 is 0 Å². The molecule has 1 aromatic heterocycles. The molecule has 0 aliphatic carbocycles. The molecule has 2 aromatic rings. The van der Waals surface area contributed by atoms with Gasteiger partial charge in [0, 0.05) is 18.9 Å². The molecule has 72 valence electrons. The Kier molecular flexibility index (Phi) is 2.13. The van der Waals surface area contributed by atoms with Crippen molar-refractivity contribution in [1.82, 2.24) is 9.13 Å². The lowest BCUT2D eigenvalue weighted by atomic mass is 10.3. The molecule has 0 aliphatic heterocycles. The van der Waals surface area contributed by atoms with Crippen LogP contribution < -0.4 is 5.73 Å². The van der Waals surface area contributed by atoms with Crippen LogP contribution in [0.4, 0.5) is 5.82 Å². The lowest BCUT2D eigenvalue weighted by Gasteiger charge is -2.03. The number of nitrogen functional groups attached to an aromatic ring is 1. The van der Waals surface area contributed by atoms with Gasteiger partial charge in [-0.05, 0) is 24.4 Å². The number of hydrogen-bond acceptors (Lipinski definition) is 2. The fraction of sp³-hybridized carbons (Fsp3) is 0.100. The summed E-state index contributed by atoms with van der Waals surface area (Å²) in [4.78, 5) is 0. The monoisotopic (exact) mass is 205 g/mol. The van der Waals surface area contributed by atoms with Crippen LogP contribution in [0, 0.1) is 4.77 Å². The lowest BCUT2D eigenvalue weighted by Crippen LogP contribution is -1.99. The Hall–Kier alpha value is -1.55. The molecule has 2 rings (SSSR count). The molecular weight excluding hydrogens is 194 g/mol. The predicted octanol–water partition coefficient (Wildman–Crippen LogP) is 2.13. The summed E-state index contributed by atoms with van der Waals surface area (Å²) in [7, 11) is 1.89. The molecule has 0 atom stereocenters. The Labute approximate surface area is 87.4 Å². The molecule has 0 saturated heterocycles. The van der Waals surface area contributed by atoms with Crippen molar-refractivity contribution in [2.75, 3.05) is 5.73 Å². The van der Waals surface area contributed by atoms with Crippen molar-refractivity contribution in [2.45, 2.75) is 0 Å². The Morgan fingerprint density at radius 3 is 2.36 bits per heavy atom. The number of rotatable bonds is 1. The summed E-state index contributed by atoms with van der Waals surface area (Å²) in [5.41, 5.74) is 6.85. The molecule has 4 heteroatoms. The first-order chi connectivity index (χ1) is 6.70. The maximum Gasteiger partial charge on any atom is 0.185 e. The van der Waals surface area contributed by atoms with Crippen LogP contribution in [0.3, 0.4) is 0 Å². The average Bonchev–Trinajstić information content (AvgIpc) is 2.43. The second-order valence-corrected chi connectivity index (χ2v) is 3.48. The van der Waals surface area contributed by atoms with Crippen molar-refractivity contribution in [3.05, 3.63) is 41.3 Å². The van der Waals surface area contributed by atoms with Gasteiger partial charge < -0.3 is 10.3 Å². The quantitative estimate of drug-likeness (QED) is 0.724. The first kappa shape index (κ1) is 9.02. The van der Waals surface area contributed by atoms with Crippen molar-refractivity contribution in [1.29, 1.82) is 0 Å². The minimum atomic E-state index is 0.656. The van der Waals surface area contributed by atoms with Crippen molar-refractivity contribution in [3.63, 3.8) is 0 Å². The van der Waals surface area contributed by atoms with Gasteiger partial charge in [-0.1, -0.05) is 18.2 Å². The Morgan fingerprint density at radius 1 is 1.21 bits per heavy atom. The van der Waals surface area contributed by atoms with Crippen molar-refractivity contribution in [2.24, 2.45) is 7.05 Å². The van der Waals surface area contributed by atoms with Crippen LogP contribution in [0.25, 0.3) is 5.69 Å². The second kappa shape index (κ2) is 3.31. The molecule has 3 nitrogen and oxygen atoms in total. The first-order valence-corrected chi connectivity index (χ1v) is 4.70. The molecule has 1 aromatic carbocycles. The summed E-state index contributed by atoms with van der Waals surface area (Å²) in [5.74, 6) is 0.656. The Balaban J connectivity index is 2.69. The molecule has 0 saturated carbocycles. The summed E-state index contributed by atoms with van der Waals surface area (Å²) in [6.45, 7) is 0. The van der Waals surface area contributed by atoms with E-state index < -0.39 is 0 Å². The fourth-order valence-electron chi connectivity index (χ4n) is 1.42. The predicted molar refractivity (Wildman–Crippen MR) is 60.0 cm³/mol. The first-order valence-electron chi connectivity index (χ1n) is 4.29. The molecule has 0 amide bonds. The van der Waals surface area contributed by atoms with Crippen LogP contribution in [0.1, 0.15) is 0 Å². The SMILES string of the molecule is Cn1cc(N)n(-c2ccccc2)c1=S. The standard InChI is InChI=1S/C10H11N3S/c1-12-7-9(11)13(10(12)14)8-5-3-2-4-6-8/h2-7H,11H2,1H3. The number of para-hydroxylation sites is 1. The molecular formula is C10H11N3S. The third-order valence-electron chi connectivity index (χ3n) is 2.09. The number of benzene rings is 1. The molecule has 14 heavy (non-hydrogen) atoms. The molecule has 2 N–H and O–H groups in total. The van der Waals surface area contributed by atoms with Gasteiger partial charge in [0.1, 0.15) is 5.82 Å². The van der Waals surface area contributed by atoms with Crippen molar-refractivity contribution in [3.8, 4) is 5.69 Å². The molecule has 0 unspecified atom stereocenters. The second-order valence-electron chi connectivity index (χ2n) is 3.12. The van der Waals surface area contributed by atoms with E-state index in [0.29, 0.717) is 10.6 Å². The summed E-state index contributed by atoms with van der Waals surface area (Å²) in [6, 6.07) is 9.84. The highest BCUT2D eigenvalue weighted by Gasteiger charge is 2.03. The molecule has 0 radical (unpaired) electrons. The minimum Gasteiger partial charge on any atom is -0.384 e. The van der Waals surface area contributed by atoms with E-state index in [0.717, 1.165) is 5.69 Å². The summed E-state index contributed by atoms with van der Waals surface area (Å²) in [6.07, 6.45) is 1.81. The van der Waals surface area contributed by atoms with Crippen LogP contribution in [0.2, 0.25) is 0 Å². The number of imidazole rings is 1. The number of nitrogens with zero attached hydrogens (tertiary/aromatic N) is 2. The van der Waals surface area contributed by atoms with Gasteiger partial charge in [0.2, 0.25) is 0 Å². The number of anilines is 1. The Morgan fingerprint density at radius 2 is 1.86 bits per heavy atom. The lowest BCUT2D eigenvalue weighted by molar-refractivity contribution is 0.863. The van der Waals surface area contributed by atoms with E-state index in [4.69, 9.17) is 18.0 Å². The van der Waals surface area contributed by atoms with E-state index in [1.807, 2.05) is 52.7 Å². The summed E-state index contributed by atoms with van der Waals surface area (Å²) in [5, 5.41) is 0. The fourth-order valence-corrected chi connectivity index (χ4v) is 1.68. The zero-order valence-corrected chi connectivity index (χ0v) is 8.66. The highest BCUT2D eigenvalue weighted by Crippen LogP contribution is 2.14. The summed E-state index contributed by atoms with van der Waals surface area (Å²) < 4.78 is 4.38. The van der Waals surface area contributed by atoms with Gasteiger partial charge in [0.05, 0.1) is 0 Å². The molecule has 0 spiro atoms. The highest BCUT2D eigenvalue weighted by atomic mass is 32.1. The highest BCUT2D eigenvalue weighted by molar-refractivity contribution is 7.71. The zero-order valence-electron chi connectivity index (χ0n) is 7.84. The Bertz CT molecular complexity index is 496.